The molecule has 4 nitrogen and oxygen atoms in total. The molecule has 0 aliphatic carbocycles. The van der Waals surface area contributed by atoms with E-state index in [0.717, 1.165) is 18.1 Å². The van der Waals surface area contributed by atoms with Crippen LogP contribution in [-0.2, 0) is 11.0 Å². The van der Waals surface area contributed by atoms with E-state index >= 15 is 0 Å². The van der Waals surface area contributed by atoms with Crippen LogP contribution < -0.4 is 0 Å². The largest absolute Gasteiger partial charge is 0.418 e. The highest BCUT2D eigenvalue weighted by molar-refractivity contribution is 6.09. The summed E-state index contributed by atoms with van der Waals surface area (Å²) in [6.45, 7) is 1.06. The maximum absolute atomic E-state index is 13.2. The average molecular weight is 426 g/mol. The van der Waals surface area contributed by atoms with Crippen molar-refractivity contribution in [3.05, 3.63) is 77.5 Å². The summed E-state index contributed by atoms with van der Waals surface area (Å²) in [7, 11) is 0. The van der Waals surface area contributed by atoms with E-state index in [1.54, 1.807) is 4.90 Å². The van der Waals surface area contributed by atoms with Gasteiger partial charge in [0.1, 0.15) is 0 Å². The number of carbonyl (C=O) groups excluding carboxylic acids is 2. The van der Waals surface area contributed by atoms with Gasteiger partial charge in [-0.1, -0.05) is 48.5 Å². The van der Waals surface area contributed by atoms with E-state index < -0.39 is 11.7 Å². The first-order valence-electron chi connectivity index (χ1n) is 10.1. The summed E-state index contributed by atoms with van der Waals surface area (Å²) >= 11 is 0. The second kappa shape index (κ2) is 8.41. The third-order valence-electron chi connectivity index (χ3n) is 5.59. The Hall–Kier alpha value is -3.35. The van der Waals surface area contributed by atoms with Crippen LogP contribution in [0.1, 0.15) is 40.7 Å². The van der Waals surface area contributed by atoms with Crippen molar-refractivity contribution in [2.75, 3.05) is 13.1 Å². The average Bonchev–Trinajstić information content (AvgIpc) is 3.21. The number of aromatic nitrogens is 1. The summed E-state index contributed by atoms with van der Waals surface area (Å²) < 4.78 is 39.5. The molecule has 4 rings (SSSR count). The molecule has 1 aliphatic heterocycles. The molecule has 1 aromatic heterocycles. The lowest BCUT2D eigenvalue weighted by molar-refractivity contribution is -0.136. The topological polar surface area (TPSA) is 53.2 Å². The summed E-state index contributed by atoms with van der Waals surface area (Å²) in [5.74, 6) is -0.482. The third-order valence-corrected chi connectivity index (χ3v) is 5.59. The van der Waals surface area contributed by atoms with Crippen LogP contribution in [0.4, 0.5) is 13.2 Å². The molecule has 0 radical (unpaired) electrons. The van der Waals surface area contributed by atoms with Crippen molar-refractivity contribution in [1.29, 1.82) is 0 Å². The molecule has 160 valence electrons. The number of hydrogen-bond acceptors (Lipinski definition) is 2. The van der Waals surface area contributed by atoms with Crippen molar-refractivity contribution < 1.29 is 22.8 Å². The highest BCUT2D eigenvalue weighted by Gasteiger charge is 2.33. The molecule has 0 saturated heterocycles. The molecule has 3 aromatic rings. The second-order valence-corrected chi connectivity index (χ2v) is 7.54. The number of hydrogen-bond donors (Lipinski definition) is 1. The maximum Gasteiger partial charge on any atom is 0.418 e. The fourth-order valence-electron chi connectivity index (χ4n) is 3.94. The summed E-state index contributed by atoms with van der Waals surface area (Å²) in [5.41, 5.74) is 1.59. The SMILES string of the molecule is O=C(CCC(=O)N1CC=C(c2ccccc2)CC1)c1c[nH]c2c(C(F)(F)F)cccc12. The summed E-state index contributed by atoms with van der Waals surface area (Å²) in [4.78, 5) is 29.5. The molecule has 0 saturated carbocycles. The Kier molecular flexibility index (Phi) is 5.67. The van der Waals surface area contributed by atoms with Gasteiger partial charge in [0.2, 0.25) is 5.91 Å². The van der Waals surface area contributed by atoms with Gasteiger partial charge < -0.3 is 9.88 Å². The third kappa shape index (κ3) is 4.40. The first-order chi connectivity index (χ1) is 14.8. The van der Waals surface area contributed by atoms with Crippen LogP contribution in [0, 0.1) is 0 Å². The van der Waals surface area contributed by atoms with Crippen molar-refractivity contribution in [3.8, 4) is 0 Å². The fraction of sp³-hybridized carbons (Fsp3) is 0.250. The Morgan fingerprint density at radius 3 is 2.45 bits per heavy atom. The molecule has 7 heteroatoms. The van der Waals surface area contributed by atoms with Gasteiger partial charge in [-0.05, 0) is 23.6 Å². The van der Waals surface area contributed by atoms with Gasteiger partial charge in [0.15, 0.2) is 5.78 Å². The van der Waals surface area contributed by atoms with Gasteiger partial charge in [0.25, 0.3) is 0 Å². The summed E-state index contributed by atoms with van der Waals surface area (Å²) in [6.07, 6.45) is -0.473. The zero-order valence-corrected chi connectivity index (χ0v) is 16.7. The van der Waals surface area contributed by atoms with Crippen molar-refractivity contribution >= 4 is 28.2 Å². The number of alkyl halides is 3. The number of aromatic amines is 1. The van der Waals surface area contributed by atoms with Gasteiger partial charge >= 0.3 is 6.18 Å². The number of benzene rings is 2. The Bertz CT molecular complexity index is 1150. The van der Waals surface area contributed by atoms with Gasteiger partial charge in [0, 0.05) is 43.1 Å². The quantitative estimate of drug-likeness (QED) is 0.551. The number of fused-ring (bicyclic) bond motifs is 1. The van der Waals surface area contributed by atoms with Gasteiger partial charge in [-0.25, -0.2) is 0 Å². The number of rotatable bonds is 5. The van der Waals surface area contributed by atoms with Crippen LogP contribution in [0.3, 0.4) is 0 Å². The molecule has 0 atom stereocenters. The van der Waals surface area contributed by atoms with Crippen molar-refractivity contribution in [3.63, 3.8) is 0 Å². The van der Waals surface area contributed by atoms with E-state index in [9.17, 15) is 22.8 Å². The minimum atomic E-state index is -4.51. The lowest BCUT2D eigenvalue weighted by Gasteiger charge is -2.26. The zero-order chi connectivity index (χ0) is 22.0. The smallest absolute Gasteiger partial charge is 0.360 e. The van der Waals surface area contributed by atoms with Crippen LogP contribution >= 0.6 is 0 Å². The van der Waals surface area contributed by atoms with E-state index in [2.05, 4.69) is 4.98 Å². The molecule has 2 aromatic carbocycles. The molecular formula is C24H21F3N2O2. The van der Waals surface area contributed by atoms with Crippen molar-refractivity contribution in [1.82, 2.24) is 9.88 Å². The van der Waals surface area contributed by atoms with Gasteiger partial charge in [-0.2, -0.15) is 13.2 Å². The molecular weight excluding hydrogens is 405 g/mol. The second-order valence-electron chi connectivity index (χ2n) is 7.54. The number of nitrogens with zero attached hydrogens (tertiary/aromatic N) is 1. The fourth-order valence-corrected chi connectivity index (χ4v) is 3.94. The normalized spacial score (nSPS) is 14.5. The maximum atomic E-state index is 13.2. The van der Waals surface area contributed by atoms with Crippen LogP contribution in [-0.4, -0.2) is 34.7 Å². The summed E-state index contributed by atoms with van der Waals surface area (Å²) in [5, 5.41) is 0.223. The molecule has 0 bridgehead atoms. The van der Waals surface area contributed by atoms with Crippen molar-refractivity contribution in [2.24, 2.45) is 0 Å². The molecule has 1 aliphatic rings. The standard InChI is InChI=1S/C24H21F3N2O2/c25-24(26,27)20-8-4-7-18-19(15-28-23(18)20)21(30)9-10-22(31)29-13-11-17(12-14-29)16-5-2-1-3-6-16/h1-8,11,15,28H,9-10,12-14H2. The molecule has 0 unspecified atom stereocenters. The number of H-pyrrole nitrogens is 1. The predicted molar refractivity (Wildman–Crippen MR) is 112 cm³/mol. The minimum absolute atomic E-state index is 0.0268. The molecule has 31 heavy (non-hydrogen) atoms. The lowest BCUT2D eigenvalue weighted by atomic mass is 9.99. The number of halogens is 3. The highest BCUT2D eigenvalue weighted by Crippen LogP contribution is 2.35. The van der Waals surface area contributed by atoms with Gasteiger partial charge in [-0.3, -0.25) is 9.59 Å². The van der Waals surface area contributed by atoms with E-state index in [-0.39, 0.29) is 41.0 Å². The number of Topliss-reactive ketones (excluding diaryl/α,β-unsaturated/α-hetero) is 1. The minimum Gasteiger partial charge on any atom is -0.360 e. The van der Waals surface area contributed by atoms with Crippen LogP contribution in [0.15, 0.2) is 60.8 Å². The first kappa shape index (κ1) is 20.9. The Morgan fingerprint density at radius 2 is 1.77 bits per heavy atom. The van der Waals surface area contributed by atoms with Crippen LogP contribution in [0.25, 0.3) is 16.5 Å². The number of amides is 1. The number of carbonyl (C=O) groups is 2. The monoisotopic (exact) mass is 426 g/mol. The van der Waals surface area contributed by atoms with E-state index in [0.29, 0.717) is 13.1 Å². The highest BCUT2D eigenvalue weighted by atomic mass is 19.4. The van der Waals surface area contributed by atoms with Crippen LogP contribution in [0.5, 0.6) is 0 Å². The number of para-hydroxylation sites is 1. The first-order valence-corrected chi connectivity index (χ1v) is 10.1. The zero-order valence-electron chi connectivity index (χ0n) is 16.7. The Balaban J connectivity index is 1.39. The number of ketones is 1. The van der Waals surface area contributed by atoms with Gasteiger partial charge in [-0.15, -0.1) is 0 Å². The number of nitrogens with one attached hydrogen (secondary N) is 1. The Morgan fingerprint density at radius 1 is 1.00 bits per heavy atom. The lowest BCUT2D eigenvalue weighted by Crippen LogP contribution is -2.34. The molecule has 1 amide bonds. The predicted octanol–water partition coefficient (Wildman–Crippen LogP) is 5.47. The molecule has 1 N–H and O–H groups in total. The van der Waals surface area contributed by atoms with Crippen LogP contribution in [0.2, 0.25) is 0 Å². The molecule has 0 spiro atoms. The van der Waals surface area contributed by atoms with E-state index in [1.165, 1.54) is 23.9 Å². The summed E-state index contributed by atoms with van der Waals surface area (Å²) in [6, 6.07) is 13.7. The van der Waals surface area contributed by atoms with E-state index in [1.807, 2.05) is 36.4 Å². The van der Waals surface area contributed by atoms with Crippen molar-refractivity contribution in [2.45, 2.75) is 25.4 Å². The molecule has 0 fully saturated rings. The van der Waals surface area contributed by atoms with Gasteiger partial charge in [0.05, 0.1) is 11.1 Å². The Labute approximate surface area is 177 Å². The molecule has 2 heterocycles. The van der Waals surface area contributed by atoms with E-state index in [4.69, 9.17) is 0 Å².